The molecule has 4 heteroatoms. The third-order valence-corrected chi connectivity index (χ3v) is 3.34. The number of rotatable bonds is 7. The molecule has 1 aromatic rings. The summed E-state index contributed by atoms with van der Waals surface area (Å²) in [5, 5.41) is 9.86. The first-order valence-corrected chi connectivity index (χ1v) is 6.65. The largest absolute Gasteiger partial charge is 0.389 e. The minimum absolute atomic E-state index is 0.0131. The molecule has 19 heavy (non-hydrogen) atoms. The van der Waals surface area contributed by atoms with Gasteiger partial charge in [0.15, 0.2) is 0 Å². The Morgan fingerprint density at radius 1 is 1.37 bits per heavy atom. The highest BCUT2D eigenvalue weighted by Crippen LogP contribution is 2.25. The van der Waals surface area contributed by atoms with Gasteiger partial charge in [0.25, 0.3) is 0 Å². The standard InChI is InChI=1S/C15H26N2O2/c1-11-7-5-6-8-14(11)15(12(2)16)17(3)9-13(18)10-19-4/h5-8,12-13,15,18H,9-10,16H2,1-4H3. The van der Waals surface area contributed by atoms with E-state index in [0.717, 1.165) is 0 Å². The van der Waals surface area contributed by atoms with Crippen LogP contribution in [0.25, 0.3) is 0 Å². The van der Waals surface area contributed by atoms with Gasteiger partial charge in [-0.15, -0.1) is 0 Å². The summed E-state index contributed by atoms with van der Waals surface area (Å²) in [5.74, 6) is 0. The molecule has 0 bridgehead atoms. The van der Waals surface area contributed by atoms with Crippen molar-refractivity contribution in [1.29, 1.82) is 0 Å². The number of nitrogens with two attached hydrogens (primary N) is 1. The highest BCUT2D eigenvalue weighted by Gasteiger charge is 2.24. The van der Waals surface area contributed by atoms with E-state index in [1.807, 2.05) is 26.1 Å². The molecular formula is C15H26N2O2. The van der Waals surface area contributed by atoms with Crippen molar-refractivity contribution in [3.05, 3.63) is 35.4 Å². The minimum atomic E-state index is -0.500. The van der Waals surface area contributed by atoms with E-state index in [-0.39, 0.29) is 12.1 Å². The second-order valence-electron chi connectivity index (χ2n) is 5.21. The summed E-state index contributed by atoms with van der Waals surface area (Å²) in [4.78, 5) is 2.09. The average Bonchev–Trinajstić information content (AvgIpc) is 2.31. The van der Waals surface area contributed by atoms with Gasteiger partial charge in [0.2, 0.25) is 0 Å². The third kappa shape index (κ3) is 4.58. The quantitative estimate of drug-likeness (QED) is 0.781. The zero-order valence-electron chi connectivity index (χ0n) is 12.3. The molecule has 3 N–H and O–H groups in total. The lowest BCUT2D eigenvalue weighted by atomic mass is 9.95. The SMILES string of the molecule is COCC(O)CN(C)C(c1ccccc1C)C(C)N. The van der Waals surface area contributed by atoms with Gasteiger partial charge < -0.3 is 15.6 Å². The fourth-order valence-electron chi connectivity index (χ4n) is 2.53. The molecule has 3 atom stereocenters. The Morgan fingerprint density at radius 3 is 2.53 bits per heavy atom. The van der Waals surface area contributed by atoms with E-state index >= 15 is 0 Å². The molecule has 0 aliphatic rings. The van der Waals surface area contributed by atoms with Gasteiger partial charge in [-0.05, 0) is 32.0 Å². The summed E-state index contributed by atoms with van der Waals surface area (Å²) in [6.45, 7) is 4.96. The molecule has 0 saturated heterocycles. The number of methoxy groups -OCH3 is 1. The molecule has 0 radical (unpaired) electrons. The van der Waals surface area contributed by atoms with E-state index in [0.29, 0.717) is 13.2 Å². The van der Waals surface area contributed by atoms with E-state index in [4.69, 9.17) is 10.5 Å². The van der Waals surface area contributed by atoms with Crippen LogP contribution in [-0.4, -0.2) is 49.5 Å². The molecule has 0 aliphatic heterocycles. The molecule has 0 saturated carbocycles. The predicted molar refractivity (Wildman–Crippen MR) is 78.1 cm³/mol. The molecule has 108 valence electrons. The average molecular weight is 266 g/mol. The summed E-state index contributed by atoms with van der Waals surface area (Å²) in [6.07, 6.45) is -0.500. The maximum absolute atomic E-state index is 9.86. The number of ether oxygens (including phenoxy) is 1. The Bertz CT molecular complexity index is 382. The first-order chi connectivity index (χ1) is 8.97. The predicted octanol–water partition coefficient (Wildman–Crippen LogP) is 1.32. The van der Waals surface area contributed by atoms with Crippen LogP contribution in [0, 0.1) is 6.92 Å². The summed E-state index contributed by atoms with van der Waals surface area (Å²) in [5.41, 5.74) is 8.57. The first-order valence-electron chi connectivity index (χ1n) is 6.65. The maximum Gasteiger partial charge on any atom is 0.0900 e. The molecule has 4 nitrogen and oxygen atoms in total. The van der Waals surface area contributed by atoms with Crippen LogP contribution in [0.1, 0.15) is 24.1 Å². The Balaban J connectivity index is 2.86. The van der Waals surface area contributed by atoms with Gasteiger partial charge in [-0.25, -0.2) is 0 Å². The van der Waals surface area contributed by atoms with Crippen LogP contribution in [0.4, 0.5) is 0 Å². The van der Waals surface area contributed by atoms with Crippen molar-refractivity contribution in [2.45, 2.75) is 32.0 Å². The fourth-order valence-corrected chi connectivity index (χ4v) is 2.53. The Morgan fingerprint density at radius 2 is 2.00 bits per heavy atom. The van der Waals surface area contributed by atoms with Gasteiger partial charge in [0, 0.05) is 25.7 Å². The molecule has 0 fully saturated rings. The molecule has 0 amide bonds. The van der Waals surface area contributed by atoms with Crippen molar-refractivity contribution in [3.8, 4) is 0 Å². The second-order valence-corrected chi connectivity index (χ2v) is 5.21. The Hall–Kier alpha value is -0.940. The third-order valence-electron chi connectivity index (χ3n) is 3.34. The summed E-state index contributed by atoms with van der Waals surface area (Å²) in [6, 6.07) is 8.31. The zero-order valence-corrected chi connectivity index (χ0v) is 12.3. The first kappa shape index (κ1) is 16.1. The van der Waals surface area contributed by atoms with Crippen LogP contribution in [0.5, 0.6) is 0 Å². The molecule has 3 unspecified atom stereocenters. The van der Waals surface area contributed by atoms with Crippen LogP contribution in [0.2, 0.25) is 0 Å². The van der Waals surface area contributed by atoms with Crippen molar-refractivity contribution in [1.82, 2.24) is 4.90 Å². The number of aliphatic hydroxyl groups is 1. The molecule has 1 aromatic carbocycles. The van der Waals surface area contributed by atoms with Crippen LogP contribution in [0.15, 0.2) is 24.3 Å². The highest BCUT2D eigenvalue weighted by atomic mass is 16.5. The summed E-state index contributed by atoms with van der Waals surface area (Å²) >= 11 is 0. The van der Waals surface area contributed by atoms with E-state index < -0.39 is 6.10 Å². The van der Waals surface area contributed by atoms with Crippen molar-refractivity contribution >= 4 is 0 Å². The van der Waals surface area contributed by atoms with Crippen molar-refractivity contribution in [3.63, 3.8) is 0 Å². The van der Waals surface area contributed by atoms with Gasteiger partial charge >= 0.3 is 0 Å². The van der Waals surface area contributed by atoms with Crippen LogP contribution in [-0.2, 0) is 4.74 Å². The topological polar surface area (TPSA) is 58.7 Å². The molecule has 0 spiro atoms. The van der Waals surface area contributed by atoms with Crippen molar-refractivity contribution in [2.75, 3.05) is 27.3 Å². The van der Waals surface area contributed by atoms with Crippen molar-refractivity contribution < 1.29 is 9.84 Å². The zero-order chi connectivity index (χ0) is 14.4. The lowest BCUT2D eigenvalue weighted by Gasteiger charge is -2.33. The number of hydrogen-bond acceptors (Lipinski definition) is 4. The summed E-state index contributed by atoms with van der Waals surface area (Å²) in [7, 11) is 3.58. The van der Waals surface area contributed by atoms with E-state index in [1.54, 1.807) is 7.11 Å². The van der Waals surface area contributed by atoms with Crippen LogP contribution in [0.3, 0.4) is 0 Å². The van der Waals surface area contributed by atoms with Crippen LogP contribution >= 0.6 is 0 Å². The van der Waals surface area contributed by atoms with Gasteiger partial charge in [0.05, 0.1) is 12.7 Å². The van der Waals surface area contributed by atoms with E-state index in [1.165, 1.54) is 11.1 Å². The number of likely N-dealkylation sites (N-methyl/N-ethyl adjacent to an activating group) is 1. The fraction of sp³-hybridized carbons (Fsp3) is 0.600. The van der Waals surface area contributed by atoms with Gasteiger partial charge in [-0.3, -0.25) is 4.90 Å². The lowest BCUT2D eigenvalue weighted by Crippen LogP contribution is -2.42. The van der Waals surface area contributed by atoms with Gasteiger partial charge in [-0.1, -0.05) is 24.3 Å². The Kier molecular flexibility index (Phi) is 6.45. The highest BCUT2D eigenvalue weighted by molar-refractivity contribution is 5.29. The number of aryl methyl sites for hydroxylation is 1. The maximum atomic E-state index is 9.86. The van der Waals surface area contributed by atoms with E-state index in [2.05, 4.69) is 24.0 Å². The molecule has 0 heterocycles. The smallest absolute Gasteiger partial charge is 0.0900 e. The van der Waals surface area contributed by atoms with Gasteiger partial charge in [-0.2, -0.15) is 0 Å². The van der Waals surface area contributed by atoms with Gasteiger partial charge in [0.1, 0.15) is 0 Å². The number of hydrogen-bond donors (Lipinski definition) is 2. The lowest BCUT2D eigenvalue weighted by molar-refractivity contribution is 0.0316. The second kappa shape index (κ2) is 7.60. The van der Waals surface area contributed by atoms with Crippen LogP contribution < -0.4 is 5.73 Å². The van der Waals surface area contributed by atoms with E-state index in [9.17, 15) is 5.11 Å². The Labute approximate surface area is 116 Å². The number of benzene rings is 1. The number of aliphatic hydroxyl groups excluding tert-OH is 1. The summed E-state index contributed by atoms with van der Waals surface area (Å²) < 4.78 is 4.97. The molecule has 0 aromatic heterocycles. The minimum Gasteiger partial charge on any atom is -0.389 e. The van der Waals surface area contributed by atoms with Crippen molar-refractivity contribution in [2.24, 2.45) is 5.73 Å². The number of nitrogens with zero attached hydrogens (tertiary/aromatic N) is 1. The molecule has 0 aliphatic carbocycles. The molecule has 1 rings (SSSR count). The molecular weight excluding hydrogens is 240 g/mol. The monoisotopic (exact) mass is 266 g/mol. The normalized spacial score (nSPS) is 16.4.